The second-order valence-corrected chi connectivity index (χ2v) is 7.82. The van der Waals surface area contributed by atoms with E-state index in [0.29, 0.717) is 30.5 Å². The Balaban J connectivity index is 2.05. The second kappa shape index (κ2) is 6.32. The SMILES string of the molecule is CCOC1CCN(S(=O)(=O)c2ccc(CN)s2)CC1. The minimum Gasteiger partial charge on any atom is -0.378 e. The van der Waals surface area contributed by atoms with Crippen molar-refractivity contribution in [3.63, 3.8) is 0 Å². The lowest BCUT2D eigenvalue weighted by Gasteiger charge is -2.30. The van der Waals surface area contributed by atoms with Crippen molar-refractivity contribution in [3.05, 3.63) is 17.0 Å². The van der Waals surface area contributed by atoms with Crippen LogP contribution in [0.25, 0.3) is 0 Å². The van der Waals surface area contributed by atoms with Gasteiger partial charge < -0.3 is 10.5 Å². The first-order valence-corrected chi connectivity index (χ1v) is 8.74. The Morgan fingerprint density at radius 3 is 2.63 bits per heavy atom. The lowest BCUT2D eigenvalue weighted by molar-refractivity contribution is 0.0290. The van der Waals surface area contributed by atoms with Crippen molar-refractivity contribution in [1.29, 1.82) is 0 Å². The normalized spacial score (nSPS) is 18.8. The van der Waals surface area contributed by atoms with Gasteiger partial charge in [0.1, 0.15) is 4.21 Å². The van der Waals surface area contributed by atoms with E-state index >= 15 is 0 Å². The molecule has 0 aromatic carbocycles. The number of sulfonamides is 1. The minimum atomic E-state index is -3.35. The predicted octanol–water partition coefficient (Wildman–Crippen LogP) is 1.40. The topological polar surface area (TPSA) is 72.6 Å². The molecule has 0 amide bonds. The third-order valence-corrected chi connectivity index (χ3v) is 6.71. The van der Waals surface area contributed by atoms with Crippen LogP contribution < -0.4 is 5.73 Å². The maximum Gasteiger partial charge on any atom is 0.252 e. The van der Waals surface area contributed by atoms with Gasteiger partial charge in [-0.15, -0.1) is 11.3 Å². The molecule has 2 N–H and O–H groups in total. The van der Waals surface area contributed by atoms with E-state index in [1.807, 2.05) is 6.92 Å². The van der Waals surface area contributed by atoms with Gasteiger partial charge in [0.2, 0.25) is 0 Å². The Kier molecular flexibility index (Phi) is 4.97. The van der Waals surface area contributed by atoms with Crippen LogP contribution in [-0.4, -0.2) is 38.5 Å². The van der Waals surface area contributed by atoms with Gasteiger partial charge in [-0.05, 0) is 31.9 Å². The Hall–Kier alpha value is -0.470. The molecule has 0 bridgehead atoms. The molecule has 108 valence electrons. The summed E-state index contributed by atoms with van der Waals surface area (Å²) in [6.07, 6.45) is 1.73. The standard InChI is InChI=1S/C12H20N2O3S2/c1-2-17-10-5-7-14(8-6-10)19(15,16)12-4-3-11(9-13)18-12/h3-4,10H,2,5-9,13H2,1H3. The summed E-state index contributed by atoms with van der Waals surface area (Å²) in [6, 6.07) is 3.43. The van der Waals surface area contributed by atoms with Gasteiger partial charge in [-0.3, -0.25) is 0 Å². The summed E-state index contributed by atoms with van der Waals surface area (Å²) in [7, 11) is -3.35. The quantitative estimate of drug-likeness (QED) is 0.892. The number of nitrogens with two attached hydrogens (primary N) is 1. The van der Waals surface area contributed by atoms with Crippen molar-refractivity contribution < 1.29 is 13.2 Å². The first kappa shape index (κ1) is 14.9. The van der Waals surface area contributed by atoms with E-state index in [1.54, 1.807) is 16.4 Å². The minimum absolute atomic E-state index is 0.194. The van der Waals surface area contributed by atoms with Crippen molar-refractivity contribution in [3.8, 4) is 0 Å². The van der Waals surface area contributed by atoms with Gasteiger partial charge in [0, 0.05) is 31.1 Å². The molecule has 0 spiro atoms. The smallest absolute Gasteiger partial charge is 0.252 e. The third-order valence-electron chi connectivity index (χ3n) is 3.24. The van der Waals surface area contributed by atoms with E-state index in [4.69, 9.17) is 10.5 Å². The Labute approximate surface area is 118 Å². The lowest BCUT2D eigenvalue weighted by Crippen LogP contribution is -2.40. The molecule has 1 aromatic heterocycles. The van der Waals surface area contributed by atoms with Crippen LogP contribution in [-0.2, 0) is 21.3 Å². The van der Waals surface area contributed by atoms with Crippen LogP contribution >= 0.6 is 11.3 Å². The summed E-state index contributed by atoms with van der Waals surface area (Å²) in [4.78, 5) is 0.891. The zero-order valence-corrected chi connectivity index (χ0v) is 12.7. The second-order valence-electron chi connectivity index (χ2n) is 4.48. The molecule has 0 atom stereocenters. The predicted molar refractivity (Wildman–Crippen MR) is 75.6 cm³/mol. The molecule has 5 nitrogen and oxygen atoms in total. The van der Waals surface area contributed by atoms with Crippen LogP contribution in [0.4, 0.5) is 0 Å². The molecule has 1 aliphatic heterocycles. The molecule has 1 aromatic rings. The highest BCUT2D eigenvalue weighted by Crippen LogP contribution is 2.27. The molecule has 2 heterocycles. The summed E-state index contributed by atoms with van der Waals surface area (Å²) in [5.74, 6) is 0. The van der Waals surface area contributed by atoms with Gasteiger partial charge in [0.25, 0.3) is 10.0 Å². The van der Waals surface area contributed by atoms with Crippen LogP contribution in [0.2, 0.25) is 0 Å². The fourth-order valence-corrected chi connectivity index (χ4v) is 5.07. The van der Waals surface area contributed by atoms with Gasteiger partial charge in [0.15, 0.2) is 0 Å². The highest BCUT2D eigenvalue weighted by molar-refractivity contribution is 7.91. The molecular formula is C12H20N2O3S2. The number of piperidine rings is 1. The zero-order chi connectivity index (χ0) is 13.9. The van der Waals surface area contributed by atoms with E-state index in [9.17, 15) is 8.42 Å². The number of nitrogens with zero attached hydrogens (tertiary/aromatic N) is 1. The van der Waals surface area contributed by atoms with Crippen LogP contribution in [0.1, 0.15) is 24.6 Å². The highest BCUT2D eigenvalue weighted by atomic mass is 32.2. The molecule has 19 heavy (non-hydrogen) atoms. The first-order chi connectivity index (χ1) is 9.07. The molecule has 1 aliphatic rings. The van der Waals surface area contributed by atoms with E-state index < -0.39 is 10.0 Å². The monoisotopic (exact) mass is 304 g/mol. The molecule has 1 saturated heterocycles. The summed E-state index contributed by atoms with van der Waals surface area (Å²) >= 11 is 1.26. The maximum atomic E-state index is 12.4. The summed E-state index contributed by atoms with van der Waals surface area (Å²) < 4.78 is 32.3. The third kappa shape index (κ3) is 3.35. The molecule has 1 fully saturated rings. The van der Waals surface area contributed by atoms with Crippen LogP contribution in [0.5, 0.6) is 0 Å². The van der Waals surface area contributed by atoms with Crippen LogP contribution in [0.3, 0.4) is 0 Å². The highest BCUT2D eigenvalue weighted by Gasteiger charge is 2.30. The summed E-state index contributed by atoms with van der Waals surface area (Å²) in [5.41, 5.74) is 5.52. The number of rotatable bonds is 5. The van der Waals surface area contributed by atoms with Crippen LogP contribution in [0, 0.1) is 0 Å². The zero-order valence-electron chi connectivity index (χ0n) is 11.0. The summed E-state index contributed by atoms with van der Waals surface area (Å²) in [6.45, 7) is 4.09. The fraction of sp³-hybridized carbons (Fsp3) is 0.667. The van der Waals surface area contributed by atoms with Gasteiger partial charge in [-0.2, -0.15) is 4.31 Å². The molecule has 2 rings (SSSR count). The molecule has 0 saturated carbocycles. The van der Waals surface area contributed by atoms with E-state index in [1.165, 1.54) is 11.3 Å². The van der Waals surface area contributed by atoms with Crippen molar-refractivity contribution >= 4 is 21.4 Å². The maximum absolute atomic E-state index is 12.4. The van der Waals surface area contributed by atoms with Crippen molar-refractivity contribution in [1.82, 2.24) is 4.31 Å². The van der Waals surface area contributed by atoms with E-state index in [0.717, 1.165) is 17.7 Å². The largest absolute Gasteiger partial charge is 0.378 e. The van der Waals surface area contributed by atoms with Gasteiger partial charge in [0.05, 0.1) is 6.10 Å². The average molecular weight is 304 g/mol. The fourth-order valence-electron chi connectivity index (χ4n) is 2.21. The van der Waals surface area contributed by atoms with Gasteiger partial charge in [-0.1, -0.05) is 0 Å². The molecule has 0 radical (unpaired) electrons. The summed E-state index contributed by atoms with van der Waals surface area (Å²) in [5, 5.41) is 0. The average Bonchev–Trinajstić information content (AvgIpc) is 2.89. The Morgan fingerprint density at radius 1 is 1.42 bits per heavy atom. The Morgan fingerprint density at radius 2 is 2.11 bits per heavy atom. The van der Waals surface area contributed by atoms with E-state index in [-0.39, 0.29) is 6.10 Å². The first-order valence-electron chi connectivity index (χ1n) is 6.48. The molecule has 0 aliphatic carbocycles. The molecular weight excluding hydrogens is 284 g/mol. The van der Waals surface area contributed by atoms with Crippen molar-refractivity contribution in [2.24, 2.45) is 5.73 Å². The Bertz CT molecular complexity index is 505. The molecule has 7 heteroatoms. The number of hydrogen-bond donors (Lipinski definition) is 1. The van der Waals surface area contributed by atoms with Crippen LogP contribution in [0.15, 0.2) is 16.3 Å². The number of ether oxygens (including phenoxy) is 1. The van der Waals surface area contributed by atoms with Gasteiger partial charge in [-0.25, -0.2) is 8.42 Å². The van der Waals surface area contributed by atoms with E-state index in [2.05, 4.69) is 0 Å². The molecule has 0 unspecified atom stereocenters. The lowest BCUT2D eigenvalue weighted by atomic mass is 10.1. The van der Waals surface area contributed by atoms with Crippen molar-refractivity contribution in [2.45, 2.75) is 36.6 Å². The number of hydrogen-bond acceptors (Lipinski definition) is 5. The number of thiophene rings is 1. The van der Waals surface area contributed by atoms with Gasteiger partial charge >= 0.3 is 0 Å². The van der Waals surface area contributed by atoms with Crippen molar-refractivity contribution in [2.75, 3.05) is 19.7 Å².